The van der Waals surface area contributed by atoms with E-state index < -0.39 is 6.10 Å². The van der Waals surface area contributed by atoms with Gasteiger partial charge in [0.15, 0.2) is 0 Å². The Labute approximate surface area is 54.8 Å². The van der Waals surface area contributed by atoms with Crippen molar-refractivity contribution in [3.05, 3.63) is 0 Å². The summed E-state index contributed by atoms with van der Waals surface area (Å²) in [5, 5.41) is 23.7. The van der Waals surface area contributed by atoms with Gasteiger partial charge in [0.05, 0.1) is 6.10 Å². The second-order valence-corrected chi connectivity index (χ2v) is 1.95. The molecule has 0 saturated heterocycles. The van der Waals surface area contributed by atoms with Gasteiger partial charge in [-0.2, -0.15) is 0 Å². The van der Waals surface area contributed by atoms with Gasteiger partial charge in [-0.15, -0.1) is 0 Å². The molecule has 3 nitrogen and oxygen atoms in total. The van der Waals surface area contributed by atoms with Crippen LogP contribution in [0.4, 0.5) is 0 Å². The predicted octanol–water partition coefficient (Wildman–Crippen LogP) is 0.159. The molecule has 0 radical (unpaired) electrons. The van der Waals surface area contributed by atoms with Crippen LogP contribution in [0.5, 0.6) is 0 Å². The zero-order chi connectivity index (χ0) is 7.11. The van der Waals surface area contributed by atoms with E-state index in [1.54, 1.807) is 0 Å². The number of unbranched alkanes of at least 4 members (excludes halogenated alkanes) is 1. The highest BCUT2D eigenvalue weighted by Gasteiger charge is 1.96. The third-order valence-electron chi connectivity index (χ3n) is 1.10. The highest BCUT2D eigenvalue weighted by molar-refractivity contribution is 5.58. The molecule has 9 heavy (non-hydrogen) atoms. The third-order valence-corrected chi connectivity index (χ3v) is 1.10. The van der Waals surface area contributed by atoms with E-state index in [4.69, 9.17) is 15.6 Å². The molecule has 0 aliphatic heterocycles. The minimum absolute atomic E-state index is 0.171. The average molecular weight is 131 g/mol. The van der Waals surface area contributed by atoms with E-state index in [1.807, 2.05) is 0 Å². The maximum absolute atomic E-state index is 8.76. The molecule has 0 aliphatic rings. The lowest BCUT2D eigenvalue weighted by Crippen LogP contribution is -2.06. The molecule has 0 aromatic carbocycles. The van der Waals surface area contributed by atoms with E-state index in [0.717, 1.165) is 12.6 Å². The molecule has 0 aromatic rings. The Balaban J connectivity index is 2.96. The zero-order valence-corrected chi connectivity index (χ0v) is 5.38. The Hall–Kier alpha value is -0.410. The zero-order valence-electron chi connectivity index (χ0n) is 5.38. The number of hydrogen-bond donors (Lipinski definition) is 3. The van der Waals surface area contributed by atoms with Crippen molar-refractivity contribution in [2.75, 3.05) is 6.61 Å². The van der Waals surface area contributed by atoms with Gasteiger partial charge in [0, 0.05) is 12.8 Å². The van der Waals surface area contributed by atoms with Gasteiger partial charge in [0.25, 0.3) is 0 Å². The molecular formula is C6H13NO2. The number of rotatable bonds is 5. The van der Waals surface area contributed by atoms with Crippen LogP contribution in [0.2, 0.25) is 0 Å². The van der Waals surface area contributed by atoms with Crippen LogP contribution in [0.25, 0.3) is 0 Å². The molecule has 0 aliphatic carbocycles. The van der Waals surface area contributed by atoms with Crippen LogP contribution in [0, 0.1) is 5.41 Å². The quantitative estimate of drug-likeness (QED) is 0.367. The van der Waals surface area contributed by atoms with E-state index >= 15 is 0 Å². The summed E-state index contributed by atoms with van der Waals surface area (Å²) in [5.74, 6) is 0. The predicted molar refractivity (Wildman–Crippen MR) is 35.7 cm³/mol. The molecule has 1 atom stereocenters. The van der Waals surface area contributed by atoms with Gasteiger partial charge in [-0.25, -0.2) is 0 Å². The minimum Gasteiger partial charge on any atom is -0.396 e. The van der Waals surface area contributed by atoms with Crippen molar-refractivity contribution in [1.29, 1.82) is 5.41 Å². The van der Waals surface area contributed by atoms with E-state index in [2.05, 4.69) is 0 Å². The molecule has 0 aromatic heterocycles. The summed E-state index contributed by atoms with van der Waals surface area (Å²) < 4.78 is 0. The topological polar surface area (TPSA) is 64.3 Å². The van der Waals surface area contributed by atoms with Crippen LogP contribution in [0.15, 0.2) is 0 Å². The molecule has 0 rings (SSSR count). The molecule has 0 heterocycles. The first-order valence-electron chi connectivity index (χ1n) is 3.10. The van der Waals surface area contributed by atoms with Crippen molar-refractivity contribution in [2.24, 2.45) is 0 Å². The SMILES string of the molecule is N=CC(O)CCCCO. The molecule has 3 N–H and O–H groups in total. The van der Waals surface area contributed by atoms with Gasteiger partial charge in [-0.1, -0.05) is 0 Å². The maximum Gasteiger partial charge on any atom is 0.0884 e. The maximum atomic E-state index is 8.76. The van der Waals surface area contributed by atoms with Gasteiger partial charge >= 0.3 is 0 Å². The number of nitrogens with one attached hydrogen (secondary N) is 1. The van der Waals surface area contributed by atoms with E-state index in [1.165, 1.54) is 0 Å². The second kappa shape index (κ2) is 5.72. The Bertz CT molecular complexity index is 75.5. The average Bonchev–Trinajstić information content (AvgIpc) is 1.89. The van der Waals surface area contributed by atoms with Gasteiger partial charge in [-0.3, -0.25) is 0 Å². The number of aliphatic hydroxyl groups excluding tert-OH is 2. The number of hydrogen-bond acceptors (Lipinski definition) is 3. The van der Waals surface area contributed by atoms with Gasteiger partial charge in [0.1, 0.15) is 0 Å². The van der Waals surface area contributed by atoms with Gasteiger partial charge in [0.2, 0.25) is 0 Å². The largest absolute Gasteiger partial charge is 0.396 e. The Morgan fingerprint density at radius 3 is 2.56 bits per heavy atom. The molecule has 0 spiro atoms. The second-order valence-electron chi connectivity index (χ2n) is 1.95. The summed E-state index contributed by atoms with van der Waals surface area (Å²) in [5.41, 5.74) is 0. The monoisotopic (exact) mass is 131 g/mol. The molecule has 0 fully saturated rings. The molecule has 0 saturated carbocycles. The highest BCUT2D eigenvalue weighted by Crippen LogP contribution is 1.96. The summed E-state index contributed by atoms with van der Waals surface area (Å²) in [6.45, 7) is 0.171. The van der Waals surface area contributed by atoms with Gasteiger partial charge in [-0.05, 0) is 19.3 Å². The van der Waals surface area contributed by atoms with Crippen molar-refractivity contribution < 1.29 is 10.2 Å². The fourth-order valence-corrected chi connectivity index (χ4v) is 0.549. The van der Waals surface area contributed by atoms with Crippen molar-refractivity contribution in [3.8, 4) is 0 Å². The normalized spacial score (nSPS) is 13.1. The molecular weight excluding hydrogens is 118 g/mol. The van der Waals surface area contributed by atoms with Crippen LogP contribution in [0.1, 0.15) is 19.3 Å². The highest BCUT2D eigenvalue weighted by atomic mass is 16.3. The minimum atomic E-state index is -0.614. The van der Waals surface area contributed by atoms with Crippen molar-refractivity contribution in [3.63, 3.8) is 0 Å². The molecule has 1 unspecified atom stereocenters. The summed E-state index contributed by atoms with van der Waals surface area (Å²) in [7, 11) is 0. The van der Waals surface area contributed by atoms with Gasteiger partial charge < -0.3 is 15.6 Å². The molecule has 54 valence electrons. The van der Waals surface area contributed by atoms with Crippen molar-refractivity contribution >= 4 is 6.21 Å². The lowest BCUT2D eigenvalue weighted by Gasteiger charge is -2.00. The lowest BCUT2D eigenvalue weighted by atomic mass is 10.2. The van der Waals surface area contributed by atoms with Crippen LogP contribution in [0.3, 0.4) is 0 Å². The summed E-state index contributed by atoms with van der Waals surface area (Å²) in [6, 6.07) is 0. The first kappa shape index (κ1) is 8.59. The Morgan fingerprint density at radius 1 is 1.44 bits per heavy atom. The molecule has 0 amide bonds. The molecule has 0 bridgehead atoms. The Morgan fingerprint density at radius 2 is 2.11 bits per heavy atom. The number of aliphatic hydroxyl groups is 2. The van der Waals surface area contributed by atoms with E-state index in [-0.39, 0.29) is 6.61 Å². The van der Waals surface area contributed by atoms with Crippen molar-refractivity contribution in [1.82, 2.24) is 0 Å². The van der Waals surface area contributed by atoms with Crippen LogP contribution < -0.4 is 0 Å². The molecule has 3 heteroatoms. The van der Waals surface area contributed by atoms with E-state index in [9.17, 15) is 0 Å². The summed E-state index contributed by atoms with van der Waals surface area (Å²) >= 11 is 0. The van der Waals surface area contributed by atoms with Crippen LogP contribution in [-0.2, 0) is 0 Å². The fourth-order valence-electron chi connectivity index (χ4n) is 0.549. The van der Waals surface area contributed by atoms with Crippen LogP contribution in [-0.4, -0.2) is 29.1 Å². The third kappa shape index (κ3) is 5.46. The fraction of sp³-hybridized carbons (Fsp3) is 0.833. The van der Waals surface area contributed by atoms with E-state index in [0.29, 0.717) is 12.8 Å². The van der Waals surface area contributed by atoms with Crippen molar-refractivity contribution in [2.45, 2.75) is 25.4 Å². The first-order valence-corrected chi connectivity index (χ1v) is 3.10. The van der Waals surface area contributed by atoms with Crippen LogP contribution >= 0.6 is 0 Å². The standard InChI is InChI=1S/C6H13NO2/c7-5-6(9)3-1-2-4-8/h5-9H,1-4H2. The first-order chi connectivity index (χ1) is 4.31. The lowest BCUT2D eigenvalue weighted by molar-refractivity contribution is 0.220. The Kier molecular flexibility index (Phi) is 5.46. The summed E-state index contributed by atoms with van der Waals surface area (Å²) in [4.78, 5) is 0. The summed E-state index contributed by atoms with van der Waals surface area (Å²) in [6.07, 6.45) is 2.48. The smallest absolute Gasteiger partial charge is 0.0884 e.